The van der Waals surface area contributed by atoms with Crippen LogP contribution in [0.25, 0.3) is 0 Å². The van der Waals surface area contributed by atoms with E-state index < -0.39 is 97.5 Å². The van der Waals surface area contributed by atoms with Gasteiger partial charge in [-0.2, -0.15) is 0 Å². The van der Waals surface area contributed by atoms with Crippen molar-refractivity contribution in [2.24, 2.45) is 5.92 Å². The van der Waals surface area contributed by atoms with E-state index in [0.717, 1.165) is 115 Å². The van der Waals surface area contributed by atoms with Crippen molar-refractivity contribution < 1.29 is 80.2 Å². The Morgan fingerprint density at radius 2 is 0.500 bits per heavy atom. The number of phosphoric ester groups is 2. The van der Waals surface area contributed by atoms with Crippen LogP contribution in [0, 0.1) is 5.92 Å². The molecule has 19 heteroatoms. The van der Waals surface area contributed by atoms with Crippen molar-refractivity contribution in [3.8, 4) is 0 Å². The molecule has 5 atom stereocenters. The second-order valence-electron chi connectivity index (χ2n) is 26.8. The number of phosphoric acid groups is 2. The minimum Gasteiger partial charge on any atom is -0.462 e. The molecular weight excluding hydrogens is 1210 g/mol. The van der Waals surface area contributed by atoms with Gasteiger partial charge in [-0.3, -0.25) is 37.3 Å². The Morgan fingerprint density at radius 1 is 0.293 bits per heavy atom. The molecule has 0 fully saturated rings. The quantitative estimate of drug-likeness (QED) is 0.0222. The summed E-state index contributed by atoms with van der Waals surface area (Å²) in [6.07, 6.45) is 54.4. The third kappa shape index (κ3) is 66.7. The molecule has 3 N–H and O–H groups in total. The molecule has 0 aliphatic heterocycles. The number of unbranched alkanes of at least 4 members (excludes halogenated alkanes) is 45. The third-order valence-corrected chi connectivity index (χ3v) is 18.9. The molecule has 546 valence electrons. The zero-order valence-electron chi connectivity index (χ0n) is 59.7. The first-order valence-electron chi connectivity index (χ1n) is 38.1. The molecule has 0 heterocycles. The average molecular weight is 1350 g/mol. The molecule has 0 aromatic heterocycles. The molecule has 0 saturated heterocycles. The fourth-order valence-electron chi connectivity index (χ4n) is 11.2. The number of carbonyl (C=O) groups is 4. The first-order valence-corrected chi connectivity index (χ1v) is 41.1. The van der Waals surface area contributed by atoms with Gasteiger partial charge in [0.1, 0.15) is 19.3 Å². The summed E-state index contributed by atoms with van der Waals surface area (Å²) in [7, 11) is -9.89. The van der Waals surface area contributed by atoms with Crippen LogP contribution in [0.4, 0.5) is 0 Å². The molecule has 0 bridgehead atoms. The number of hydrogen-bond donors (Lipinski definition) is 3. The maximum atomic E-state index is 13.1. The molecule has 0 aromatic carbocycles. The lowest BCUT2D eigenvalue weighted by molar-refractivity contribution is -0.161. The summed E-state index contributed by atoms with van der Waals surface area (Å²) in [6, 6.07) is 0. The number of esters is 4. The van der Waals surface area contributed by atoms with E-state index in [0.29, 0.717) is 25.7 Å². The van der Waals surface area contributed by atoms with E-state index in [2.05, 4.69) is 34.6 Å². The van der Waals surface area contributed by atoms with Crippen molar-refractivity contribution in [2.75, 3.05) is 39.6 Å². The summed E-state index contributed by atoms with van der Waals surface area (Å²) in [5.41, 5.74) is 0. The number of ether oxygens (including phenoxy) is 4. The van der Waals surface area contributed by atoms with Crippen LogP contribution in [0.1, 0.15) is 381 Å². The SMILES string of the molecule is CCCCCCCCCCCCCCCCCCC(=O)OC[C@H](COP(=O)(O)OC[C@@H](O)COP(=O)(O)OC[C@@H](COC(=O)CCCCCCCCC)OC(=O)CCCCCCCCCC)OC(=O)CCCCCCCCCCCCCCCCCCCCC(C)C. The second kappa shape index (κ2) is 66.3. The van der Waals surface area contributed by atoms with Crippen LogP contribution in [0.3, 0.4) is 0 Å². The molecule has 0 radical (unpaired) electrons. The van der Waals surface area contributed by atoms with Crippen molar-refractivity contribution in [3.63, 3.8) is 0 Å². The summed E-state index contributed by atoms with van der Waals surface area (Å²) in [5.74, 6) is -1.31. The van der Waals surface area contributed by atoms with Gasteiger partial charge in [0, 0.05) is 25.7 Å². The van der Waals surface area contributed by atoms with Gasteiger partial charge in [-0.05, 0) is 31.6 Å². The lowest BCUT2D eigenvalue weighted by Gasteiger charge is -2.21. The fourth-order valence-corrected chi connectivity index (χ4v) is 12.8. The maximum absolute atomic E-state index is 13.1. The lowest BCUT2D eigenvalue weighted by atomic mass is 10.0. The Kier molecular flexibility index (Phi) is 64.9. The van der Waals surface area contributed by atoms with Crippen LogP contribution in [0.2, 0.25) is 0 Å². The number of aliphatic hydroxyl groups is 1. The molecule has 0 saturated carbocycles. The normalized spacial score (nSPS) is 14.0. The predicted molar refractivity (Wildman–Crippen MR) is 372 cm³/mol. The van der Waals surface area contributed by atoms with Gasteiger partial charge in [-0.15, -0.1) is 0 Å². The second-order valence-corrected chi connectivity index (χ2v) is 29.7. The predicted octanol–water partition coefficient (Wildman–Crippen LogP) is 21.3. The minimum absolute atomic E-state index is 0.105. The Balaban J connectivity index is 5.13. The smallest absolute Gasteiger partial charge is 0.462 e. The number of aliphatic hydroxyl groups excluding tert-OH is 1. The zero-order chi connectivity index (χ0) is 67.7. The Bertz CT molecular complexity index is 1770. The van der Waals surface area contributed by atoms with Crippen molar-refractivity contribution in [2.45, 2.75) is 400 Å². The molecular formula is C73H142O17P2. The van der Waals surface area contributed by atoms with Crippen LogP contribution < -0.4 is 0 Å². The van der Waals surface area contributed by atoms with Gasteiger partial charge >= 0.3 is 39.5 Å². The standard InChI is InChI=1S/C73H142O17P2/c1-6-9-12-15-18-20-21-22-23-29-32-35-38-43-47-52-57-71(76)84-63-69(90-73(78)59-54-49-44-39-36-33-30-27-25-24-26-28-31-34-37-41-45-50-55-66(4)5)65-88-92(81,82)86-61-67(74)60-85-91(79,80)87-64-68(62-83-70(75)56-51-46-40-17-14-11-8-3)89-72(77)58-53-48-42-19-16-13-10-7-2/h66-69,74H,6-65H2,1-5H3,(H,79,80)(H,81,82)/t67-,68+,69+/m0/s1. The molecule has 0 rings (SSSR count). The number of carbonyl (C=O) groups excluding carboxylic acids is 4. The maximum Gasteiger partial charge on any atom is 0.472 e. The summed E-state index contributed by atoms with van der Waals surface area (Å²) in [4.78, 5) is 72.4. The van der Waals surface area contributed by atoms with E-state index in [9.17, 15) is 43.2 Å². The highest BCUT2D eigenvalue weighted by Gasteiger charge is 2.30. The van der Waals surface area contributed by atoms with E-state index in [1.54, 1.807) is 0 Å². The molecule has 0 aliphatic carbocycles. The van der Waals surface area contributed by atoms with Crippen molar-refractivity contribution in [1.29, 1.82) is 0 Å². The van der Waals surface area contributed by atoms with E-state index in [4.69, 9.17) is 37.0 Å². The number of hydrogen-bond acceptors (Lipinski definition) is 15. The molecule has 0 amide bonds. The third-order valence-electron chi connectivity index (χ3n) is 17.0. The molecule has 17 nitrogen and oxygen atoms in total. The largest absolute Gasteiger partial charge is 0.472 e. The monoisotopic (exact) mass is 1350 g/mol. The molecule has 0 aliphatic rings. The first kappa shape index (κ1) is 90.1. The molecule has 92 heavy (non-hydrogen) atoms. The van der Waals surface area contributed by atoms with Crippen molar-refractivity contribution in [1.82, 2.24) is 0 Å². The summed E-state index contributed by atoms with van der Waals surface area (Å²) >= 11 is 0. The zero-order valence-corrected chi connectivity index (χ0v) is 61.5. The average Bonchev–Trinajstić information content (AvgIpc) is 1.88. The van der Waals surface area contributed by atoms with Gasteiger partial charge in [0.15, 0.2) is 12.2 Å². The number of rotatable bonds is 73. The highest BCUT2D eigenvalue weighted by Crippen LogP contribution is 2.45. The van der Waals surface area contributed by atoms with Gasteiger partial charge in [-0.25, -0.2) is 9.13 Å². The van der Waals surface area contributed by atoms with Gasteiger partial charge in [-0.1, -0.05) is 330 Å². The Labute approximate surface area is 562 Å². The topological polar surface area (TPSA) is 237 Å². The Hall–Kier alpha value is -1.94. The summed E-state index contributed by atoms with van der Waals surface area (Å²) in [6.45, 7) is 7.23. The summed E-state index contributed by atoms with van der Waals surface area (Å²) in [5, 5.41) is 10.6. The minimum atomic E-state index is -4.95. The van der Waals surface area contributed by atoms with E-state index in [1.165, 1.54) is 186 Å². The van der Waals surface area contributed by atoms with Crippen LogP contribution in [-0.2, 0) is 65.4 Å². The van der Waals surface area contributed by atoms with Gasteiger partial charge in [0.05, 0.1) is 26.4 Å². The van der Waals surface area contributed by atoms with E-state index >= 15 is 0 Å². The highest BCUT2D eigenvalue weighted by molar-refractivity contribution is 7.47. The highest BCUT2D eigenvalue weighted by atomic mass is 31.2. The fraction of sp³-hybridized carbons (Fsp3) is 0.945. The van der Waals surface area contributed by atoms with Crippen LogP contribution in [0.5, 0.6) is 0 Å². The van der Waals surface area contributed by atoms with Crippen LogP contribution in [0.15, 0.2) is 0 Å². The van der Waals surface area contributed by atoms with Crippen LogP contribution >= 0.6 is 15.6 Å². The first-order chi connectivity index (χ1) is 44.5. The van der Waals surface area contributed by atoms with Gasteiger partial charge in [0.25, 0.3) is 0 Å². The lowest BCUT2D eigenvalue weighted by Crippen LogP contribution is -2.30. The van der Waals surface area contributed by atoms with Crippen LogP contribution in [-0.4, -0.2) is 96.7 Å². The summed E-state index contributed by atoms with van der Waals surface area (Å²) < 4.78 is 68.2. The van der Waals surface area contributed by atoms with Crippen molar-refractivity contribution in [3.05, 3.63) is 0 Å². The Morgan fingerprint density at radius 3 is 0.739 bits per heavy atom. The van der Waals surface area contributed by atoms with Gasteiger partial charge in [0.2, 0.25) is 0 Å². The molecule has 0 aromatic rings. The van der Waals surface area contributed by atoms with Crippen molar-refractivity contribution >= 4 is 39.5 Å². The molecule has 2 unspecified atom stereocenters. The van der Waals surface area contributed by atoms with E-state index in [1.807, 2.05) is 0 Å². The van der Waals surface area contributed by atoms with E-state index in [-0.39, 0.29) is 25.7 Å². The molecule has 0 spiro atoms. The van der Waals surface area contributed by atoms with Gasteiger partial charge < -0.3 is 33.8 Å².